The van der Waals surface area contributed by atoms with E-state index in [-0.39, 0.29) is 11.5 Å². The Morgan fingerprint density at radius 3 is 2.42 bits per heavy atom. The Balaban J connectivity index is 1.61. The van der Waals surface area contributed by atoms with Gasteiger partial charge in [-0.25, -0.2) is 8.42 Å². The Bertz CT molecular complexity index is 893. The van der Waals surface area contributed by atoms with Gasteiger partial charge in [0, 0.05) is 12.5 Å². The first-order valence-electron chi connectivity index (χ1n) is 9.23. The first-order chi connectivity index (χ1) is 12.3. The highest BCUT2D eigenvalue weighted by Gasteiger charge is 2.40. The maximum absolute atomic E-state index is 13.2. The molecule has 1 unspecified atom stereocenters. The van der Waals surface area contributed by atoms with Crippen molar-refractivity contribution in [1.82, 2.24) is 14.4 Å². The Morgan fingerprint density at radius 1 is 1.12 bits per heavy atom. The summed E-state index contributed by atoms with van der Waals surface area (Å²) < 4.78 is 33.3. The van der Waals surface area contributed by atoms with Crippen molar-refractivity contribution in [3.8, 4) is 0 Å². The van der Waals surface area contributed by atoms with E-state index in [0.717, 1.165) is 30.7 Å². The molecule has 0 bridgehead atoms. The molecule has 2 aromatic rings. The van der Waals surface area contributed by atoms with Crippen LogP contribution in [0.15, 0.2) is 33.7 Å². The van der Waals surface area contributed by atoms with Gasteiger partial charge >= 0.3 is 0 Å². The van der Waals surface area contributed by atoms with Crippen LogP contribution < -0.4 is 0 Å². The predicted octanol–water partition coefficient (Wildman–Crippen LogP) is 3.77. The number of hydrogen-bond acceptors (Lipinski definition) is 5. The van der Waals surface area contributed by atoms with E-state index in [1.54, 1.807) is 12.1 Å². The molecule has 1 aromatic carbocycles. The second-order valence-electron chi connectivity index (χ2n) is 8.31. The van der Waals surface area contributed by atoms with Gasteiger partial charge in [-0.05, 0) is 48.8 Å². The van der Waals surface area contributed by atoms with E-state index in [2.05, 4.69) is 30.9 Å². The molecule has 1 aromatic heterocycles. The van der Waals surface area contributed by atoms with Gasteiger partial charge < -0.3 is 4.52 Å². The topological polar surface area (TPSA) is 76.3 Å². The van der Waals surface area contributed by atoms with Gasteiger partial charge in [0.05, 0.1) is 4.90 Å². The zero-order valence-corrected chi connectivity index (χ0v) is 16.3. The summed E-state index contributed by atoms with van der Waals surface area (Å²) in [5, 5.41) is 4.04. The molecule has 7 heteroatoms. The summed E-state index contributed by atoms with van der Waals surface area (Å²) in [4.78, 5) is 4.79. The number of rotatable bonds is 4. The average Bonchev–Trinajstić information content (AvgIpc) is 3.11. The molecule has 1 saturated carbocycles. The largest absolute Gasteiger partial charge is 0.338 e. The zero-order chi connectivity index (χ0) is 18.5. The molecule has 2 aliphatic rings. The summed E-state index contributed by atoms with van der Waals surface area (Å²) >= 11 is 0. The normalized spacial score (nSPS) is 22.0. The number of nitrogens with zero attached hydrogens (tertiary/aromatic N) is 3. The van der Waals surface area contributed by atoms with E-state index in [4.69, 9.17) is 4.52 Å². The molecule has 1 saturated heterocycles. The third-order valence-electron chi connectivity index (χ3n) is 5.22. The van der Waals surface area contributed by atoms with Gasteiger partial charge in [-0.1, -0.05) is 38.1 Å². The molecule has 0 N–H and O–H groups in total. The van der Waals surface area contributed by atoms with Crippen LogP contribution in [0.1, 0.15) is 75.7 Å². The van der Waals surface area contributed by atoms with Gasteiger partial charge in [0.1, 0.15) is 6.04 Å². The molecule has 140 valence electrons. The van der Waals surface area contributed by atoms with Crippen LogP contribution >= 0.6 is 0 Å². The van der Waals surface area contributed by atoms with Crippen molar-refractivity contribution >= 4 is 10.0 Å². The molecule has 1 atom stereocenters. The second kappa shape index (κ2) is 6.16. The van der Waals surface area contributed by atoms with E-state index in [1.807, 2.05) is 12.1 Å². The monoisotopic (exact) mass is 375 g/mol. The molecule has 1 aliphatic heterocycles. The average molecular weight is 375 g/mol. The lowest BCUT2D eigenvalue weighted by Gasteiger charge is -2.23. The van der Waals surface area contributed by atoms with Gasteiger partial charge in [-0.2, -0.15) is 9.29 Å². The number of benzene rings is 1. The fourth-order valence-corrected chi connectivity index (χ4v) is 5.08. The summed E-state index contributed by atoms with van der Waals surface area (Å²) in [6.45, 7) is 6.81. The minimum Gasteiger partial charge on any atom is -0.338 e. The fraction of sp³-hybridized carbons (Fsp3) is 0.579. The molecule has 0 amide bonds. The van der Waals surface area contributed by atoms with Crippen LogP contribution in [0.4, 0.5) is 0 Å². The van der Waals surface area contributed by atoms with E-state index < -0.39 is 10.0 Å². The van der Waals surface area contributed by atoms with Gasteiger partial charge in [0.2, 0.25) is 15.9 Å². The quantitative estimate of drug-likeness (QED) is 0.813. The van der Waals surface area contributed by atoms with Crippen LogP contribution in [0.2, 0.25) is 0 Å². The molecule has 2 heterocycles. The third kappa shape index (κ3) is 3.18. The van der Waals surface area contributed by atoms with Gasteiger partial charge in [-0.3, -0.25) is 0 Å². The lowest BCUT2D eigenvalue weighted by Crippen LogP contribution is -2.31. The number of sulfonamides is 1. The van der Waals surface area contributed by atoms with E-state index in [9.17, 15) is 8.42 Å². The van der Waals surface area contributed by atoms with Crippen molar-refractivity contribution in [3.63, 3.8) is 0 Å². The first-order valence-corrected chi connectivity index (χ1v) is 10.7. The van der Waals surface area contributed by atoms with Crippen LogP contribution in [0, 0.1) is 0 Å². The first kappa shape index (κ1) is 17.7. The van der Waals surface area contributed by atoms with Crippen molar-refractivity contribution in [2.24, 2.45) is 0 Å². The molecular formula is C19H25N3O3S. The highest BCUT2D eigenvalue weighted by Crippen LogP contribution is 2.41. The van der Waals surface area contributed by atoms with E-state index >= 15 is 0 Å². The second-order valence-corrected chi connectivity index (χ2v) is 10.2. The lowest BCUT2D eigenvalue weighted by atomic mass is 9.87. The molecule has 0 spiro atoms. The summed E-state index contributed by atoms with van der Waals surface area (Å²) in [6, 6.07) is 6.84. The molecule has 2 fully saturated rings. The van der Waals surface area contributed by atoms with Crippen molar-refractivity contribution in [2.45, 2.75) is 68.7 Å². The third-order valence-corrected chi connectivity index (χ3v) is 7.14. The predicted molar refractivity (Wildman–Crippen MR) is 97.3 cm³/mol. The summed E-state index contributed by atoms with van der Waals surface area (Å²) in [7, 11) is -3.59. The minimum atomic E-state index is -3.59. The fourth-order valence-electron chi connectivity index (χ4n) is 3.43. The molecule has 6 nitrogen and oxygen atoms in total. The molecule has 4 rings (SSSR count). The van der Waals surface area contributed by atoms with Gasteiger partial charge in [0.25, 0.3) is 0 Å². The molecule has 1 aliphatic carbocycles. The van der Waals surface area contributed by atoms with Crippen molar-refractivity contribution in [3.05, 3.63) is 41.5 Å². The van der Waals surface area contributed by atoms with Crippen molar-refractivity contribution in [1.29, 1.82) is 0 Å². The highest BCUT2D eigenvalue weighted by atomic mass is 32.2. The van der Waals surface area contributed by atoms with Crippen LogP contribution in [0.5, 0.6) is 0 Å². The van der Waals surface area contributed by atoms with Crippen LogP contribution in [-0.2, 0) is 15.4 Å². The minimum absolute atomic E-state index is 0.0125. The van der Waals surface area contributed by atoms with Crippen LogP contribution in [0.3, 0.4) is 0 Å². The summed E-state index contributed by atoms with van der Waals surface area (Å²) in [5.41, 5.74) is 1.10. The van der Waals surface area contributed by atoms with Crippen LogP contribution in [-0.4, -0.2) is 29.4 Å². The standard InChI is InChI=1S/C19H25N3O3S/c1-19(2,3)14-8-10-15(11-9-14)26(23,24)22-12-4-5-16(22)18-20-17(21-25-18)13-6-7-13/h8-11,13,16H,4-7,12H2,1-3H3. The Kier molecular flexibility index (Phi) is 4.19. The Hall–Kier alpha value is -1.73. The Morgan fingerprint density at radius 2 is 1.81 bits per heavy atom. The lowest BCUT2D eigenvalue weighted by molar-refractivity contribution is 0.289. The Labute approximate surface area is 154 Å². The van der Waals surface area contributed by atoms with Gasteiger partial charge in [-0.15, -0.1) is 0 Å². The zero-order valence-electron chi connectivity index (χ0n) is 15.5. The smallest absolute Gasteiger partial charge is 0.245 e. The van der Waals surface area contributed by atoms with E-state index in [0.29, 0.717) is 29.7 Å². The maximum atomic E-state index is 13.2. The van der Waals surface area contributed by atoms with Crippen molar-refractivity contribution < 1.29 is 12.9 Å². The number of hydrogen-bond donors (Lipinski definition) is 0. The number of aromatic nitrogens is 2. The SMILES string of the molecule is CC(C)(C)c1ccc(S(=O)(=O)N2CCCC2c2nc(C3CC3)no2)cc1. The van der Waals surface area contributed by atoms with Gasteiger partial charge in [0.15, 0.2) is 5.82 Å². The highest BCUT2D eigenvalue weighted by molar-refractivity contribution is 7.89. The maximum Gasteiger partial charge on any atom is 0.245 e. The summed E-state index contributed by atoms with van der Waals surface area (Å²) in [6.07, 6.45) is 3.69. The molecule has 0 radical (unpaired) electrons. The van der Waals surface area contributed by atoms with Crippen LogP contribution in [0.25, 0.3) is 0 Å². The summed E-state index contributed by atoms with van der Waals surface area (Å²) in [5.74, 6) is 1.54. The molecule has 26 heavy (non-hydrogen) atoms. The molecular weight excluding hydrogens is 350 g/mol. The van der Waals surface area contributed by atoms with E-state index in [1.165, 1.54) is 4.31 Å². The van der Waals surface area contributed by atoms with Crippen molar-refractivity contribution in [2.75, 3.05) is 6.54 Å².